The van der Waals surface area contributed by atoms with Gasteiger partial charge >= 0.3 is 0 Å². The van der Waals surface area contributed by atoms with Crippen molar-refractivity contribution in [2.45, 2.75) is 32.3 Å². The molecule has 0 fully saturated rings. The summed E-state index contributed by atoms with van der Waals surface area (Å²) >= 11 is 0. The van der Waals surface area contributed by atoms with Crippen LogP contribution in [0.4, 0.5) is 0 Å². The second kappa shape index (κ2) is 11.8. The molecular weight excluding hydrogens is 422 g/mol. The van der Waals surface area contributed by atoms with Gasteiger partial charge < -0.3 is 33.4 Å². The average Bonchev–Trinajstić information content (AvgIpc) is 3.30. The Bertz CT molecular complexity index is 1010. The lowest BCUT2D eigenvalue weighted by molar-refractivity contribution is 0.154. The number of aliphatic hydroxyl groups is 1. The van der Waals surface area contributed by atoms with Crippen molar-refractivity contribution >= 4 is 11.0 Å². The Morgan fingerprint density at radius 2 is 1.67 bits per heavy atom. The maximum absolute atomic E-state index is 11.3. The highest BCUT2D eigenvalue weighted by molar-refractivity contribution is 5.93. The average molecular weight is 458 g/mol. The van der Waals surface area contributed by atoms with E-state index >= 15 is 0 Å². The molecule has 2 aromatic carbocycles. The van der Waals surface area contributed by atoms with Gasteiger partial charge in [-0.2, -0.15) is 0 Å². The molecule has 0 radical (unpaired) electrons. The van der Waals surface area contributed by atoms with Crippen LogP contribution in [-0.4, -0.2) is 58.1 Å². The van der Waals surface area contributed by atoms with Crippen molar-refractivity contribution in [1.29, 1.82) is 0 Å². The molecule has 180 valence electrons. The summed E-state index contributed by atoms with van der Waals surface area (Å²) < 4.78 is 28.8. The van der Waals surface area contributed by atoms with E-state index in [1.807, 2.05) is 49.3 Å². The summed E-state index contributed by atoms with van der Waals surface area (Å²) in [6, 6.07) is 9.81. The Labute approximate surface area is 195 Å². The van der Waals surface area contributed by atoms with E-state index in [1.54, 1.807) is 20.5 Å². The molecule has 0 aliphatic carbocycles. The van der Waals surface area contributed by atoms with E-state index in [-0.39, 0.29) is 0 Å². The molecule has 1 unspecified atom stereocenters. The molecular formula is C26H35NO6. The van der Waals surface area contributed by atoms with Gasteiger partial charge in [0.2, 0.25) is 5.75 Å². The van der Waals surface area contributed by atoms with E-state index in [0.717, 1.165) is 23.1 Å². The molecule has 7 heteroatoms. The molecule has 3 rings (SSSR count). The summed E-state index contributed by atoms with van der Waals surface area (Å²) in [6.45, 7) is 3.92. The molecule has 0 aliphatic rings. The standard InChI is InChI=1S/C26H35NO6/c1-6-15-31-19-10-7-18(8-11-19)9-12-21(28)22-23(29-4)20-13-16-32-24(20)26(30-5)25(22)33-17-14-27(2)3/h7-8,10-11,13,16,21,28H,6,9,12,14-15,17H2,1-5H3. The van der Waals surface area contributed by atoms with Crippen LogP contribution in [0, 0.1) is 0 Å². The third-order valence-electron chi connectivity index (χ3n) is 5.44. The first-order chi connectivity index (χ1) is 16.0. The monoisotopic (exact) mass is 457 g/mol. The van der Waals surface area contributed by atoms with Gasteiger partial charge in [0.25, 0.3) is 0 Å². The number of rotatable bonds is 13. The number of hydrogen-bond acceptors (Lipinski definition) is 7. The SMILES string of the molecule is CCCOc1ccc(CCC(O)c2c(OCCN(C)C)c(OC)c3occc3c2OC)cc1. The van der Waals surface area contributed by atoms with Gasteiger partial charge in [0.05, 0.1) is 44.1 Å². The minimum atomic E-state index is -0.821. The smallest absolute Gasteiger partial charge is 0.205 e. The topological polar surface area (TPSA) is 73.5 Å². The fraction of sp³-hybridized carbons (Fsp3) is 0.462. The maximum Gasteiger partial charge on any atom is 0.205 e. The third kappa shape index (κ3) is 5.92. The number of ether oxygens (including phenoxy) is 4. The molecule has 1 atom stereocenters. The van der Waals surface area contributed by atoms with Gasteiger partial charge in [0.15, 0.2) is 11.3 Å². The number of benzene rings is 2. The minimum Gasteiger partial charge on any atom is -0.495 e. The Kier molecular flexibility index (Phi) is 8.86. The number of furan rings is 1. The minimum absolute atomic E-state index is 0.428. The van der Waals surface area contributed by atoms with Crippen LogP contribution >= 0.6 is 0 Å². The van der Waals surface area contributed by atoms with Crippen LogP contribution in [-0.2, 0) is 6.42 Å². The highest BCUT2D eigenvalue weighted by Gasteiger charge is 2.29. The summed E-state index contributed by atoms with van der Waals surface area (Å²) in [5, 5.41) is 12.0. The predicted molar refractivity (Wildman–Crippen MR) is 129 cm³/mol. The lowest BCUT2D eigenvalue weighted by Gasteiger charge is -2.23. The summed E-state index contributed by atoms with van der Waals surface area (Å²) in [5.74, 6) is 2.31. The molecule has 0 aliphatic heterocycles. The van der Waals surface area contributed by atoms with Gasteiger partial charge in [-0.05, 0) is 57.1 Å². The Morgan fingerprint density at radius 3 is 2.30 bits per heavy atom. The molecule has 0 saturated carbocycles. The number of nitrogens with zero attached hydrogens (tertiary/aromatic N) is 1. The molecule has 1 N–H and O–H groups in total. The quantitative estimate of drug-likeness (QED) is 0.393. The van der Waals surface area contributed by atoms with Crippen LogP contribution in [0.15, 0.2) is 41.0 Å². The first-order valence-corrected chi connectivity index (χ1v) is 11.3. The van der Waals surface area contributed by atoms with Crippen LogP contribution in [0.2, 0.25) is 0 Å². The van der Waals surface area contributed by atoms with Crippen molar-refractivity contribution in [3.8, 4) is 23.0 Å². The molecule has 1 aromatic heterocycles. The zero-order valence-corrected chi connectivity index (χ0v) is 20.2. The molecule has 0 amide bonds. The van der Waals surface area contributed by atoms with Crippen LogP contribution in [0.3, 0.4) is 0 Å². The number of hydrogen-bond donors (Lipinski definition) is 1. The van der Waals surface area contributed by atoms with Crippen molar-refractivity contribution in [2.75, 3.05) is 48.1 Å². The summed E-state index contributed by atoms with van der Waals surface area (Å²) in [5.41, 5.74) is 2.22. The van der Waals surface area contributed by atoms with E-state index in [0.29, 0.717) is 61.0 Å². The second-order valence-electron chi connectivity index (χ2n) is 8.17. The van der Waals surface area contributed by atoms with E-state index in [2.05, 4.69) is 6.92 Å². The van der Waals surface area contributed by atoms with E-state index in [9.17, 15) is 5.11 Å². The van der Waals surface area contributed by atoms with Gasteiger partial charge in [0.1, 0.15) is 18.1 Å². The summed E-state index contributed by atoms with van der Waals surface area (Å²) in [4.78, 5) is 2.03. The van der Waals surface area contributed by atoms with Crippen LogP contribution in [0.5, 0.6) is 23.0 Å². The number of fused-ring (bicyclic) bond motifs is 1. The Balaban J connectivity index is 1.88. The normalized spacial score (nSPS) is 12.2. The van der Waals surface area contributed by atoms with E-state index in [1.165, 1.54) is 0 Å². The molecule has 3 aromatic rings. The fourth-order valence-corrected chi connectivity index (χ4v) is 3.74. The van der Waals surface area contributed by atoms with Gasteiger partial charge in [0, 0.05) is 6.54 Å². The van der Waals surface area contributed by atoms with Crippen molar-refractivity contribution < 1.29 is 28.5 Å². The largest absolute Gasteiger partial charge is 0.495 e. The zero-order valence-electron chi connectivity index (χ0n) is 20.2. The second-order valence-corrected chi connectivity index (χ2v) is 8.17. The predicted octanol–water partition coefficient (Wildman–Crippen LogP) is 4.85. The number of methoxy groups -OCH3 is 2. The lowest BCUT2D eigenvalue weighted by Crippen LogP contribution is -2.20. The van der Waals surface area contributed by atoms with E-state index < -0.39 is 6.10 Å². The van der Waals surface area contributed by atoms with Gasteiger partial charge in [-0.3, -0.25) is 0 Å². The van der Waals surface area contributed by atoms with Crippen molar-refractivity contribution in [3.63, 3.8) is 0 Å². The number of aliphatic hydroxyl groups excluding tert-OH is 1. The zero-order chi connectivity index (χ0) is 23.8. The molecule has 0 spiro atoms. The van der Waals surface area contributed by atoms with Gasteiger partial charge in [-0.15, -0.1) is 0 Å². The van der Waals surface area contributed by atoms with Crippen LogP contribution in [0.1, 0.15) is 37.0 Å². The highest BCUT2D eigenvalue weighted by atomic mass is 16.5. The maximum atomic E-state index is 11.3. The first-order valence-electron chi connectivity index (χ1n) is 11.3. The fourth-order valence-electron chi connectivity index (χ4n) is 3.74. The summed E-state index contributed by atoms with van der Waals surface area (Å²) in [7, 11) is 7.11. The third-order valence-corrected chi connectivity index (χ3v) is 5.44. The highest BCUT2D eigenvalue weighted by Crippen LogP contribution is 2.49. The Morgan fingerprint density at radius 1 is 0.939 bits per heavy atom. The Hall–Kier alpha value is -2.90. The molecule has 0 saturated heterocycles. The lowest BCUT2D eigenvalue weighted by atomic mass is 9.97. The molecule has 1 heterocycles. The molecule has 33 heavy (non-hydrogen) atoms. The van der Waals surface area contributed by atoms with Crippen LogP contribution < -0.4 is 18.9 Å². The van der Waals surface area contributed by atoms with Crippen molar-refractivity contribution in [2.24, 2.45) is 0 Å². The van der Waals surface area contributed by atoms with Crippen molar-refractivity contribution in [1.82, 2.24) is 4.90 Å². The molecule has 0 bridgehead atoms. The van der Waals surface area contributed by atoms with Gasteiger partial charge in [-0.25, -0.2) is 0 Å². The molecule has 7 nitrogen and oxygen atoms in total. The van der Waals surface area contributed by atoms with Crippen LogP contribution in [0.25, 0.3) is 11.0 Å². The summed E-state index contributed by atoms with van der Waals surface area (Å²) in [6.07, 6.45) is 2.90. The van der Waals surface area contributed by atoms with Crippen molar-refractivity contribution in [3.05, 3.63) is 47.7 Å². The van der Waals surface area contributed by atoms with E-state index in [4.69, 9.17) is 23.4 Å². The number of likely N-dealkylation sites (N-methyl/N-ethyl adjacent to an activating group) is 1. The number of aryl methyl sites for hydroxylation is 1. The van der Waals surface area contributed by atoms with Gasteiger partial charge in [-0.1, -0.05) is 19.1 Å². The first kappa shape index (κ1) is 24.7.